The SMILES string of the molecule is Cc1cnc2c(N)c(C)c(Cl)cc2c1Cl. The number of fused-ring (bicyclic) bond motifs is 1. The summed E-state index contributed by atoms with van der Waals surface area (Å²) in [5.41, 5.74) is 9.01. The Balaban J connectivity index is 2.98. The number of halogens is 2. The van der Waals surface area contributed by atoms with Gasteiger partial charge in [-0.15, -0.1) is 0 Å². The first-order chi connectivity index (χ1) is 7.02. The van der Waals surface area contributed by atoms with E-state index in [1.165, 1.54) is 0 Å². The van der Waals surface area contributed by atoms with Crippen molar-refractivity contribution < 1.29 is 0 Å². The fourth-order valence-electron chi connectivity index (χ4n) is 1.49. The molecule has 0 saturated heterocycles. The molecule has 0 aliphatic rings. The summed E-state index contributed by atoms with van der Waals surface area (Å²) in [5, 5.41) is 2.09. The number of nitrogen functional groups attached to an aromatic ring is 1. The monoisotopic (exact) mass is 240 g/mol. The van der Waals surface area contributed by atoms with Gasteiger partial charge in [0.25, 0.3) is 0 Å². The molecule has 0 spiro atoms. The van der Waals surface area contributed by atoms with Crippen LogP contribution < -0.4 is 5.73 Å². The second-order valence-corrected chi connectivity index (χ2v) is 4.33. The summed E-state index contributed by atoms with van der Waals surface area (Å²) in [5.74, 6) is 0. The van der Waals surface area contributed by atoms with Gasteiger partial charge in [-0.1, -0.05) is 23.2 Å². The van der Waals surface area contributed by atoms with E-state index in [0.29, 0.717) is 21.2 Å². The maximum Gasteiger partial charge on any atom is 0.0950 e. The van der Waals surface area contributed by atoms with Crippen LogP contribution in [-0.2, 0) is 0 Å². The maximum absolute atomic E-state index is 6.17. The normalized spacial score (nSPS) is 10.9. The van der Waals surface area contributed by atoms with Crippen LogP contribution in [0.3, 0.4) is 0 Å². The van der Waals surface area contributed by atoms with Gasteiger partial charge in [0, 0.05) is 16.6 Å². The number of benzene rings is 1. The van der Waals surface area contributed by atoms with Gasteiger partial charge in [0.15, 0.2) is 0 Å². The summed E-state index contributed by atoms with van der Waals surface area (Å²) >= 11 is 12.2. The molecule has 0 atom stereocenters. The second-order valence-electron chi connectivity index (χ2n) is 3.55. The first-order valence-electron chi connectivity index (χ1n) is 4.51. The molecule has 2 rings (SSSR count). The van der Waals surface area contributed by atoms with Gasteiger partial charge < -0.3 is 5.73 Å². The molecule has 2 nitrogen and oxygen atoms in total. The van der Waals surface area contributed by atoms with Crippen LogP contribution in [0.15, 0.2) is 12.3 Å². The van der Waals surface area contributed by atoms with Gasteiger partial charge >= 0.3 is 0 Å². The fourth-order valence-corrected chi connectivity index (χ4v) is 1.90. The Morgan fingerprint density at radius 3 is 2.60 bits per heavy atom. The average Bonchev–Trinajstić information content (AvgIpc) is 2.21. The fraction of sp³-hybridized carbons (Fsp3) is 0.182. The number of anilines is 1. The molecule has 1 aromatic carbocycles. The molecule has 0 radical (unpaired) electrons. The summed E-state index contributed by atoms with van der Waals surface area (Å²) in [6.45, 7) is 3.77. The molecule has 78 valence electrons. The third kappa shape index (κ3) is 1.54. The highest BCUT2D eigenvalue weighted by atomic mass is 35.5. The Morgan fingerprint density at radius 1 is 1.27 bits per heavy atom. The van der Waals surface area contributed by atoms with Crippen molar-refractivity contribution in [2.75, 3.05) is 5.73 Å². The Kier molecular flexibility index (Phi) is 2.49. The molecule has 0 saturated carbocycles. The zero-order chi connectivity index (χ0) is 11.2. The minimum atomic E-state index is 0.597. The quantitative estimate of drug-likeness (QED) is 0.713. The van der Waals surface area contributed by atoms with Gasteiger partial charge in [-0.3, -0.25) is 4.98 Å². The molecule has 0 unspecified atom stereocenters. The molecule has 2 aromatic rings. The topological polar surface area (TPSA) is 38.9 Å². The lowest BCUT2D eigenvalue weighted by Crippen LogP contribution is -1.95. The van der Waals surface area contributed by atoms with Crippen molar-refractivity contribution in [1.29, 1.82) is 0 Å². The van der Waals surface area contributed by atoms with Crippen LogP contribution >= 0.6 is 23.2 Å². The van der Waals surface area contributed by atoms with E-state index in [-0.39, 0.29) is 0 Å². The van der Waals surface area contributed by atoms with E-state index in [1.54, 1.807) is 6.20 Å². The van der Waals surface area contributed by atoms with E-state index in [2.05, 4.69) is 4.98 Å². The van der Waals surface area contributed by atoms with Crippen LogP contribution in [0, 0.1) is 13.8 Å². The lowest BCUT2D eigenvalue weighted by molar-refractivity contribution is 1.32. The van der Waals surface area contributed by atoms with Crippen LogP contribution in [0.5, 0.6) is 0 Å². The molecule has 0 amide bonds. The van der Waals surface area contributed by atoms with E-state index in [4.69, 9.17) is 28.9 Å². The first kappa shape index (κ1) is 10.5. The summed E-state index contributed by atoms with van der Waals surface area (Å²) in [7, 11) is 0. The molecule has 4 heteroatoms. The Hall–Kier alpha value is -0.990. The molecular weight excluding hydrogens is 231 g/mol. The maximum atomic E-state index is 6.17. The van der Waals surface area contributed by atoms with E-state index in [9.17, 15) is 0 Å². The number of hydrogen-bond acceptors (Lipinski definition) is 2. The average molecular weight is 241 g/mol. The summed E-state index contributed by atoms with van der Waals surface area (Å²) in [6, 6.07) is 1.81. The van der Waals surface area contributed by atoms with Gasteiger partial charge in [0.2, 0.25) is 0 Å². The highest BCUT2D eigenvalue weighted by Gasteiger charge is 2.10. The van der Waals surface area contributed by atoms with Gasteiger partial charge in [-0.2, -0.15) is 0 Å². The predicted octanol–water partition coefficient (Wildman–Crippen LogP) is 3.74. The Bertz CT molecular complexity index is 550. The summed E-state index contributed by atoms with van der Waals surface area (Å²) in [6.07, 6.45) is 1.72. The minimum Gasteiger partial charge on any atom is -0.397 e. The Morgan fingerprint density at radius 2 is 1.93 bits per heavy atom. The largest absolute Gasteiger partial charge is 0.397 e. The first-order valence-corrected chi connectivity index (χ1v) is 5.27. The predicted molar refractivity (Wildman–Crippen MR) is 65.6 cm³/mol. The van der Waals surface area contributed by atoms with Crippen molar-refractivity contribution in [3.8, 4) is 0 Å². The van der Waals surface area contributed by atoms with Crippen molar-refractivity contribution in [2.45, 2.75) is 13.8 Å². The third-order valence-corrected chi connectivity index (χ3v) is 3.41. The zero-order valence-corrected chi connectivity index (χ0v) is 9.95. The lowest BCUT2D eigenvalue weighted by Gasteiger charge is -2.09. The summed E-state index contributed by atoms with van der Waals surface area (Å²) < 4.78 is 0. The van der Waals surface area contributed by atoms with Crippen molar-refractivity contribution in [1.82, 2.24) is 4.98 Å². The van der Waals surface area contributed by atoms with Crippen molar-refractivity contribution in [3.05, 3.63) is 33.4 Å². The number of nitrogens with two attached hydrogens (primary N) is 1. The standard InChI is InChI=1S/C11H10Cl2N2/c1-5-4-15-11-7(9(5)13)3-8(12)6(2)10(11)14/h3-4H,14H2,1-2H3. The van der Waals surface area contributed by atoms with Crippen molar-refractivity contribution in [2.24, 2.45) is 0 Å². The molecule has 2 N–H and O–H groups in total. The van der Waals surface area contributed by atoms with Gasteiger partial charge in [-0.05, 0) is 31.0 Å². The van der Waals surface area contributed by atoms with Crippen LogP contribution in [-0.4, -0.2) is 4.98 Å². The number of aromatic nitrogens is 1. The van der Waals surface area contributed by atoms with E-state index >= 15 is 0 Å². The van der Waals surface area contributed by atoms with Crippen LogP contribution in [0.4, 0.5) is 5.69 Å². The van der Waals surface area contributed by atoms with Gasteiger partial charge in [0.1, 0.15) is 0 Å². The molecule has 1 heterocycles. The van der Waals surface area contributed by atoms with Crippen molar-refractivity contribution >= 4 is 39.8 Å². The molecule has 1 aromatic heterocycles. The molecule has 0 fully saturated rings. The van der Waals surface area contributed by atoms with E-state index in [1.807, 2.05) is 19.9 Å². The van der Waals surface area contributed by atoms with Gasteiger partial charge in [-0.25, -0.2) is 0 Å². The Labute approximate surface area is 98.0 Å². The van der Waals surface area contributed by atoms with Crippen LogP contribution in [0.25, 0.3) is 10.9 Å². The number of pyridine rings is 1. The minimum absolute atomic E-state index is 0.597. The summed E-state index contributed by atoms with van der Waals surface area (Å²) in [4.78, 5) is 4.27. The molecule has 0 aliphatic heterocycles. The van der Waals surface area contributed by atoms with Gasteiger partial charge in [0.05, 0.1) is 16.2 Å². The van der Waals surface area contributed by atoms with Crippen LogP contribution in [0.2, 0.25) is 10.0 Å². The smallest absolute Gasteiger partial charge is 0.0950 e. The lowest BCUT2D eigenvalue weighted by atomic mass is 10.1. The van der Waals surface area contributed by atoms with E-state index < -0.39 is 0 Å². The zero-order valence-electron chi connectivity index (χ0n) is 8.44. The molecule has 0 bridgehead atoms. The molecular formula is C11H10Cl2N2. The molecule has 0 aliphatic carbocycles. The molecule has 15 heavy (non-hydrogen) atoms. The highest BCUT2D eigenvalue weighted by Crippen LogP contribution is 2.34. The second kappa shape index (κ2) is 3.54. The highest BCUT2D eigenvalue weighted by molar-refractivity contribution is 6.38. The number of aryl methyl sites for hydroxylation is 1. The number of nitrogens with zero attached hydrogens (tertiary/aromatic N) is 1. The van der Waals surface area contributed by atoms with Crippen molar-refractivity contribution in [3.63, 3.8) is 0 Å². The third-order valence-electron chi connectivity index (χ3n) is 2.51. The number of rotatable bonds is 0. The number of hydrogen-bond donors (Lipinski definition) is 1. The van der Waals surface area contributed by atoms with E-state index in [0.717, 1.165) is 16.5 Å². The van der Waals surface area contributed by atoms with Crippen LogP contribution in [0.1, 0.15) is 11.1 Å².